The van der Waals surface area contributed by atoms with Crippen LogP contribution in [0.1, 0.15) is 18.1 Å². The molecule has 0 aliphatic rings. The zero-order chi connectivity index (χ0) is 15.4. The maximum atomic E-state index is 12.2. The minimum Gasteiger partial charge on any atom is -0.374 e. The van der Waals surface area contributed by atoms with Crippen LogP contribution in [0.15, 0.2) is 42.5 Å². The Labute approximate surface area is 130 Å². The first-order valence-corrected chi connectivity index (χ1v) is 7.24. The summed E-state index contributed by atoms with van der Waals surface area (Å²) >= 11 is 6.06. The van der Waals surface area contributed by atoms with Crippen LogP contribution >= 0.6 is 11.6 Å². The predicted octanol–water partition coefficient (Wildman–Crippen LogP) is 4.40. The molecule has 2 rings (SSSR count). The number of aryl methyl sites for hydroxylation is 1. The van der Waals surface area contributed by atoms with Crippen LogP contribution in [0.2, 0.25) is 5.02 Å². The lowest BCUT2D eigenvalue weighted by molar-refractivity contribution is -0.116. The molecule has 0 aliphatic carbocycles. The number of amides is 1. The molecule has 2 aromatic carbocycles. The molecule has 0 aliphatic heterocycles. The summed E-state index contributed by atoms with van der Waals surface area (Å²) in [7, 11) is 0. The Morgan fingerprint density at radius 3 is 2.57 bits per heavy atom. The van der Waals surface area contributed by atoms with Gasteiger partial charge in [0.15, 0.2) is 0 Å². The second-order valence-corrected chi connectivity index (χ2v) is 5.54. The van der Waals surface area contributed by atoms with E-state index in [2.05, 4.69) is 10.6 Å². The number of benzene rings is 2. The van der Waals surface area contributed by atoms with Crippen molar-refractivity contribution in [2.75, 3.05) is 10.6 Å². The van der Waals surface area contributed by atoms with Crippen LogP contribution < -0.4 is 10.6 Å². The van der Waals surface area contributed by atoms with E-state index in [-0.39, 0.29) is 11.9 Å². The van der Waals surface area contributed by atoms with E-state index in [1.807, 2.05) is 57.2 Å². The SMILES string of the molecule is Cc1cccc(NC(C)C(=O)Nc2cccc(Cl)c2C)c1. The Morgan fingerprint density at radius 1 is 1.14 bits per heavy atom. The average molecular weight is 303 g/mol. The van der Waals surface area contributed by atoms with Crippen LogP contribution in [0.5, 0.6) is 0 Å². The highest BCUT2D eigenvalue weighted by atomic mass is 35.5. The first kappa shape index (κ1) is 15.4. The molecule has 0 heterocycles. The third kappa shape index (κ3) is 3.99. The van der Waals surface area contributed by atoms with E-state index < -0.39 is 0 Å². The second kappa shape index (κ2) is 6.64. The van der Waals surface area contributed by atoms with Gasteiger partial charge in [0.2, 0.25) is 5.91 Å². The summed E-state index contributed by atoms with van der Waals surface area (Å²) in [5.41, 5.74) is 3.69. The Morgan fingerprint density at radius 2 is 1.86 bits per heavy atom. The molecule has 3 nitrogen and oxygen atoms in total. The molecule has 1 amide bonds. The van der Waals surface area contributed by atoms with Gasteiger partial charge in [-0.15, -0.1) is 0 Å². The van der Waals surface area contributed by atoms with Crippen molar-refractivity contribution < 1.29 is 4.79 Å². The summed E-state index contributed by atoms with van der Waals surface area (Å²) in [6, 6.07) is 13.1. The minimum atomic E-state index is -0.342. The van der Waals surface area contributed by atoms with Gasteiger partial charge < -0.3 is 10.6 Å². The van der Waals surface area contributed by atoms with Gasteiger partial charge in [-0.25, -0.2) is 0 Å². The third-order valence-electron chi connectivity index (χ3n) is 3.32. The van der Waals surface area contributed by atoms with Gasteiger partial charge in [0.05, 0.1) is 0 Å². The normalized spacial score (nSPS) is 11.8. The Balaban J connectivity index is 2.04. The molecule has 0 aromatic heterocycles. The highest BCUT2D eigenvalue weighted by molar-refractivity contribution is 6.31. The largest absolute Gasteiger partial charge is 0.374 e. The molecule has 0 saturated carbocycles. The van der Waals surface area contributed by atoms with Gasteiger partial charge in [-0.05, 0) is 56.2 Å². The molecule has 0 saturated heterocycles. The maximum absolute atomic E-state index is 12.2. The molecule has 0 bridgehead atoms. The molecule has 2 N–H and O–H groups in total. The van der Waals surface area contributed by atoms with Crippen LogP contribution in [0.25, 0.3) is 0 Å². The number of hydrogen-bond donors (Lipinski definition) is 2. The fraction of sp³-hybridized carbons (Fsp3) is 0.235. The summed E-state index contributed by atoms with van der Waals surface area (Å²) in [4.78, 5) is 12.2. The molecule has 2 aromatic rings. The van der Waals surface area contributed by atoms with E-state index in [1.54, 1.807) is 6.07 Å². The number of rotatable bonds is 4. The topological polar surface area (TPSA) is 41.1 Å². The molecular weight excluding hydrogens is 284 g/mol. The van der Waals surface area contributed by atoms with Crippen LogP contribution in [-0.4, -0.2) is 11.9 Å². The summed E-state index contributed by atoms with van der Waals surface area (Å²) in [5.74, 6) is -0.0955. The summed E-state index contributed by atoms with van der Waals surface area (Å²) in [6.45, 7) is 5.74. The first-order valence-electron chi connectivity index (χ1n) is 6.86. The quantitative estimate of drug-likeness (QED) is 0.879. The van der Waals surface area contributed by atoms with Crippen molar-refractivity contribution >= 4 is 28.9 Å². The van der Waals surface area contributed by atoms with Crippen LogP contribution in [0, 0.1) is 13.8 Å². The van der Waals surface area contributed by atoms with E-state index in [4.69, 9.17) is 11.6 Å². The van der Waals surface area contributed by atoms with E-state index in [0.717, 1.165) is 22.5 Å². The molecule has 0 spiro atoms. The molecule has 1 unspecified atom stereocenters. The molecule has 1 atom stereocenters. The Hall–Kier alpha value is -2.00. The smallest absolute Gasteiger partial charge is 0.246 e. The highest BCUT2D eigenvalue weighted by Gasteiger charge is 2.14. The monoisotopic (exact) mass is 302 g/mol. The summed E-state index contributed by atoms with van der Waals surface area (Å²) < 4.78 is 0. The van der Waals surface area contributed by atoms with Crippen molar-refractivity contribution in [1.82, 2.24) is 0 Å². The maximum Gasteiger partial charge on any atom is 0.246 e. The number of carbonyl (C=O) groups excluding carboxylic acids is 1. The first-order chi connectivity index (χ1) is 9.97. The Kier molecular flexibility index (Phi) is 4.86. The van der Waals surface area contributed by atoms with Gasteiger partial charge in [-0.1, -0.05) is 29.8 Å². The van der Waals surface area contributed by atoms with Gasteiger partial charge in [0.25, 0.3) is 0 Å². The van der Waals surface area contributed by atoms with Crippen molar-refractivity contribution in [3.63, 3.8) is 0 Å². The predicted molar refractivity (Wildman–Crippen MR) is 89.1 cm³/mol. The lowest BCUT2D eigenvalue weighted by atomic mass is 10.1. The fourth-order valence-electron chi connectivity index (χ4n) is 2.03. The van der Waals surface area contributed by atoms with E-state index in [1.165, 1.54) is 0 Å². The molecule has 0 radical (unpaired) electrons. The van der Waals surface area contributed by atoms with Gasteiger partial charge in [0.1, 0.15) is 6.04 Å². The van der Waals surface area contributed by atoms with Gasteiger partial charge in [-0.2, -0.15) is 0 Å². The molecule has 0 fully saturated rings. The number of halogens is 1. The van der Waals surface area contributed by atoms with E-state index in [0.29, 0.717) is 5.02 Å². The lowest BCUT2D eigenvalue weighted by Gasteiger charge is -2.17. The van der Waals surface area contributed by atoms with Crippen LogP contribution in [0.4, 0.5) is 11.4 Å². The van der Waals surface area contributed by atoms with Gasteiger partial charge in [0, 0.05) is 16.4 Å². The van der Waals surface area contributed by atoms with E-state index in [9.17, 15) is 4.79 Å². The van der Waals surface area contributed by atoms with Crippen LogP contribution in [-0.2, 0) is 4.79 Å². The second-order valence-electron chi connectivity index (χ2n) is 5.14. The molecular formula is C17H19ClN2O. The third-order valence-corrected chi connectivity index (χ3v) is 3.73. The zero-order valence-corrected chi connectivity index (χ0v) is 13.2. The summed E-state index contributed by atoms with van der Waals surface area (Å²) in [5, 5.41) is 6.74. The molecule has 4 heteroatoms. The fourth-order valence-corrected chi connectivity index (χ4v) is 2.21. The van der Waals surface area contributed by atoms with Crippen LogP contribution in [0.3, 0.4) is 0 Å². The van der Waals surface area contributed by atoms with Gasteiger partial charge in [-0.3, -0.25) is 4.79 Å². The number of anilines is 2. The average Bonchev–Trinajstić information content (AvgIpc) is 2.44. The number of carbonyl (C=O) groups is 1. The standard InChI is InChI=1S/C17H19ClN2O/c1-11-6-4-7-14(10-11)19-13(3)17(21)20-16-9-5-8-15(18)12(16)2/h4-10,13,19H,1-3H3,(H,20,21). The Bertz CT molecular complexity index is 655. The molecule has 110 valence electrons. The summed E-state index contributed by atoms with van der Waals surface area (Å²) in [6.07, 6.45) is 0. The zero-order valence-electron chi connectivity index (χ0n) is 12.4. The van der Waals surface area contributed by atoms with Gasteiger partial charge >= 0.3 is 0 Å². The molecule has 21 heavy (non-hydrogen) atoms. The lowest BCUT2D eigenvalue weighted by Crippen LogP contribution is -2.32. The van der Waals surface area contributed by atoms with Crippen molar-refractivity contribution in [3.05, 3.63) is 58.6 Å². The van der Waals surface area contributed by atoms with Crippen molar-refractivity contribution in [2.45, 2.75) is 26.8 Å². The van der Waals surface area contributed by atoms with E-state index >= 15 is 0 Å². The minimum absolute atomic E-state index is 0.0955. The highest BCUT2D eigenvalue weighted by Crippen LogP contribution is 2.23. The van der Waals surface area contributed by atoms with Crippen molar-refractivity contribution in [2.24, 2.45) is 0 Å². The van der Waals surface area contributed by atoms with Crippen molar-refractivity contribution in [1.29, 1.82) is 0 Å². The number of hydrogen-bond acceptors (Lipinski definition) is 2. The van der Waals surface area contributed by atoms with Crippen molar-refractivity contribution in [3.8, 4) is 0 Å². The number of nitrogens with one attached hydrogen (secondary N) is 2.